The van der Waals surface area contributed by atoms with Crippen LogP contribution in [0.4, 0.5) is 0 Å². The maximum absolute atomic E-state index is 11.4. The van der Waals surface area contributed by atoms with Gasteiger partial charge < -0.3 is 5.11 Å². The Morgan fingerprint density at radius 3 is 3.00 bits per heavy atom. The Kier molecular flexibility index (Phi) is 2.47. The first-order valence-electron chi connectivity index (χ1n) is 4.53. The number of aliphatic hydroxyl groups excluding tert-OH is 1. The normalized spacial score (nSPS) is 25.0. The van der Waals surface area contributed by atoms with Crippen LogP contribution < -0.4 is 0 Å². The van der Waals surface area contributed by atoms with Crippen LogP contribution >= 0.6 is 11.3 Å². The zero-order chi connectivity index (χ0) is 9.26. The summed E-state index contributed by atoms with van der Waals surface area (Å²) in [5, 5.41) is 11.8. The summed E-state index contributed by atoms with van der Waals surface area (Å²) in [5.41, 5.74) is 0. The molecule has 0 aromatic carbocycles. The van der Waals surface area contributed by atoms with Gasteiger partial charge in [-0.15, -0.1) is 11.3 Å². The van der Waals surface area contributed by atoms with Gasteiger partial charge in [-0.3, -0.25) is 4.79 Å². The van der Waals surface area contributed by atoms with E-state index in [0.29, 0.717) is 6.42 Å². The van der Waals surface area contributed by atoms with Crippen molar-refractivity contribution in [2.24, 2.45) is 5.92 Å². The van der Waals surface area contributed by atoms with Crippen LogP contribution in [0, 0.1) is 5.92 Å². The van der Waals surface area contributed by atoms with Crippen molar-refractivity contribution in [3.63, 3.8) is 0 Å². The van der Waals surface area contributed by atoms with E-state index in [0.717, 1.165) is 17.7 Å². The second kappa shape index (κ2) is 3.60. The number of carbonyl (C=O) groups excluding carboxylic acids is 1. The van der Waals surface area contributed by atoms with Gasteiger partial charge in [0, 0.05) is 17.2 Å². The number of rotatable bonds is 2. The lowest BCUT2D eigenvalue weighted by Gasteiger charge is -2.14. The number of thiophene rings is 1. The summed E-state index contributed by atoms with van der Waals surface area (Å²) in [6.45, 7) is 0. The fourth-order valence-corrected chi connectivity index (χ4v) is 2.61. The fourth-order valence-electron chi connectivity index (χ4n) is 1.83. The van der Waals surface area contributed by atoms with E-state index in [9.17, 15) is 9.90 Å². The molecule has 0 saturated heterocycles. The zero-order valence-corrected chi connectivity index (χ0v) is 8.09. The average Bonchev–Trinajstić information content (AvgIpc) is 2.72. The maximum Gasteiger partial charge on any atom is 0.138 e. The highest BCUT2D eigenvalue weighted by atomic mass is 32.1. The van der Waals surface area contributed by atoms with E-state index in [1.165, 1.54) is 11.3 Å². The molecule has 0 unspecified atom stereocenters. The highest BCUT2D eigenvalue weighted by molar-refractivity contribution is 7.10. The van der Waals surface area contributed by atoms with Crippen molar-refractivity contribution in [2.75, 3.05) is 0 Å². The lowest BCUT2D eigenvalue weighted by molar-refractivity contribution is -0.123. The van der Waals surface area contributed by atoms with Crippen LogP contribution in [0.5, 0.6) is 0 Å². The summed E-state index contributed by atoms with van der Waals surface area (Å²) in [4.78, 5) is 12.3. The molecule has 1 saturated carbocycles. The Morgan fingerprint density at radius 1 is 1.62 bits per heavy atom. The molecule has 0 spiro atoms. The lowest BCUT2D eigenvalue weighted by atomic mass is 9.99. The van der Waals surface area contributed by atoms with E-state index in [1.807, 2.05) is 17.5 Å². The lowest BCUT2D eigenvalue weighted by Crippen LogP contribution is -2.15. The van der Waals surface area contributed by atoms with Gasteiger partial charge in [-0.1, -0.05) is 6.07 Å². The standard InChI is InChI=1S/C10H12O2S/c11-8-4-1-3-7(8)10(12)9-5-2-6-13-9/h2,5-7,10,12H,1,3-4H2/t7-,10+/m0/s1. The molecule has 0 bridgehead atoms. The van der Waals surface area contributed by atoms with Gasteiger partial charge in [0.2, 0.25) is 0 Å². The molecule has 1 aliphatic rings. The molecule has 1 heterocycles. The molecule has 0 radical (unpaired) electrons. The third-order valence-electron chi connectivity index (χ3n) is 2.57. The van der Waals surface area contributed by atoms with Crippen LogP contribution in [0.1, 0.15) is 30.2 Å². The van der Waals surface area contributed by atoms with Crippen LogP contribution in [0.25, 0.3) is 0 Å². The average molecular weight is 196 g/mol. The van der Waals surface area contributed by atoms with E-state index >= 15 is 0 Å². The van der Waals surface area contributed by atoms with Crippen LogP contribution in [0.3, 0.4) is 0 Å². The van der Waals surface area contributed by atoms with E-state index in [4.69, 9.17) is 0 Å². The molecule has 1 aromatic heterocycles. The Hall–Kier alpha value is -0.670. The van der Waals surface area contributed by atoms with E-state index < -0.39 is 6.10 Å². The summed E-state index contributed by atoms with van der Waals surface area (Å²) in [6, 6.07) is 3.80. The molecule has 0 aliphatic heterocycles. The Balaban J connectivity index is 2.13. The minimum Gasteiger partial charge on any atom is -0.387 e. The summed E-state index contributed by atoms with van der Waals surface area (Å²) in [6.07, 6.45) is 1.87. The number of hydrogen-bond donors (Lipinski definition) is 1. The predicted molar refractivity (Wildman–Crippen MR) is 51.6 cm³/mol. The van der Waals surface area contributed by atoms with Gasteiger partial charge in [0.05, 0.1) is 6.10 Å². The van der Waals surface area contributed by atoms with E-state index in [1.54, 1.807) is 0 Å². The van der Waals surface area contributed by atoms with Crippen molar-refractivity contribution >= 4 is 17.1 Å². The molecular weight excluding hydrogens is 184 g/mol. The van der Waals surface area contributed by atoms with E-state index in [2.05, 4.69) is 0 Å². The van der Waals surface area contributed by atoms with Gasteiger partial charge in [0.25, 0.3) is 0 Å². The van der Waals surface area contributed by atoms with Crippen molar-refractivity contribution in [1.82, 2.24) is 0 Å². The van der Waals surface area contributed by atoms with Gasteiger partial charge in [-0.25, -0.2) is 0 Å². The molecule has 1 N–H and O–H groups in total. The smallest absolute Gasteiger partial charge is 0.138 e. The fraction of sp³-hybridized carbons (Fsp3) is 0.500. The molecular formula is C10H12O2S. The Morgan fingerprint density at radius 2 is 2.46 bits per heavy atom. The first-order valence-corrected chi connectivity index (χ1v) is 5.41. The largest absolute Gasteiger partial charge is 0.387 e. The van der Waals surface area contributed by atoms with Gasteiger partial charge in [0.15, 0.2) is 0 Å². The molecule has 13 heavy (non-hydrogen) atoms. The van der Waals surface area contributed by atoms with Gasteiger partial charge in [-0.05, 0) is 24.3 Å². The Bertz CT molecular complexity index is 292. The third kappa shape index (κ3) is 1.67. The Labute approximate surface area is 81.2 Å². The van der Waals surface area contributed by atoms with Gasteiger partial charge in [0.1, 0.15) is 5.78 Å². The van der Waals surface area contributed by atoms with Crippen molar-refractivity contribution in [3.05, 3.63) is 22.4 Å². The molecule has 2 nitrogen and oxygen atoms in total. The summed E-state index contributed by atoms with van der Waals surface area (Å²) >= 11 is 1.52. The highest BCUT2D eigenvalue weighted by Crippen LogP contribution is 2.34. The summed E-state index contributed by atoms with van der Waals surface area (Å²) in [5.74, 6) is 0.0829. The van der Waals surface area contributed by atoms with Crippen LogP contribution in [-0.2, 0) is 4.79 Å². The number of aliphatic hydroxyl groups is 1. The predicted octanol–water partition coefficient (Wildman–Crippen LogP) is 2.15. The maximum atomic E-state index is 11.4. The number of Topliss-reactive ketones (excluding diaryl/α,β-unsaturated/α-hetero) is 1. The molecule has 70 valence electrons. The van der Waals surface area contributed by atoms with Gasteiger partial charge in [-0.2, -0.15) is 0 Å². The summed E-state index contributed by atoms with van der Waals surface area (Å²) in [7, 11) is 0. The molecule has 2 atom stereocenters. The summed E-state index contributed by atoms with van der Waals surface area (Å²) < 4.78 is 0. The first kappa shape index (κ1) is 8.91. The molecule has 1 aliphatic carbocycles. The topological polar surface area (TPSA) is 37.3 Å². The minimum atomic E-state index is -0.560. The second-order valence-electron chi connectivity index (χ2n) is 3.43. The molecule has 2 rings (SSSR count). The molecule has 1 aromatic rings. The highest BCUT2D eigenvalue weighted by Gasteiger charge is 2.32. The van der Waals surface area contributed by atoms with E-state index in [-0.39, 0.29) is 11.7 Å². The third-order valence-corrected chi connectivity index (χ3v) is 3.51. The van der Waals surface area contributed by atoms with Gasteiger partial charge >= 0.3 is 0 Å². The van der Waals surface area contributed by atoms with Crippen molar-refractivity contribution in [1.29, 1.82) is 0 Å². The van der Waals surface area contributed by atoms with Crippen molar-refractivity contribution < 1.29 is 9.90 Å². The number of ketones is 1. The van der Waals surface area contributed by atoms with Crippen LogP contribution in [-0.4, -0.2) is 10.9 Å². The first-order chi connectivity index (χ1) is 6.29. The second-order valence-corrected chi connectivity index (χ2v) is 4.40. The minimum absolute atomic E-state index is 0.140. The SMILES string of the molecule is O=C1CCC[C@@H]1[C@@H](O)c1cccs1. The monoisotopic (exact) mass is 196 g/mol. The zero-order valence-electron chi connectivity index (χ0n) is 7.27. The quantitative estimate of drug-likeness (QED) is 0.787. The molecule has 1 fully saturated rings. The number of carbonyl (C=O) groups is 1. The molecule has 3 heteroatoms. The van der Waals surface area contributed by atoms with Crippen LogP contribution in [0.2, 0.25) is 0 Å². The van der Waals surface area contributed by atoms with Crippen molar-refractivity contribution in [2.45, 2.75) is 25.4 Å². The van der Waals surface area contributed by atoms with Crippen LogP contribution in [0.15, 0.2) is 17.5 Å². The van der Waals surface area contributed by atoms with Crippen molar-refractivity contribution in [3.8, 4) is 0 Å². The molecule has 0 amide bonds. The number of hydrogen-bond acceptors (Lipinski definition) is 3.